The van der Waals surface area contributed by atoms with E-state index in [2.05, 4.69) is 56.5 Å². The molecule has 0 heterocycles. The predicted octanol–water partition coefficient (Wildman–Crippen LogP) is 4.36. The molecule has 0 radical (unpaired) electrons. The Bertz CT molecular complexity index is 336. The lowest BCUT2D eigenvalue weighted by atomic mass is 9.99. The second-order valence-corrected chi connectivity index (χ2v) is 3.90. The summed E-state index contributed by atoms with van der Waals surface area (Å²) in [5.74, 6) is 0.784. The maximum atomic E-state index is 4.22. The molecule has 15 heavy (non-hydrogen) atoms. The van der Waals surface area contributed by atoms with Crippen molar-refractivity contribution in [1.29, 1.82) is 0 Å². The Morgan fingerprint density at radius 2 is 1.93 bits per heavy atom. The van der Waals surface area contributed by atoms with Gasteiger partial charge in [0, 0.05) is 5.75 Å². The molecule has 0 aliphatic rings. The smallest absolute Gasteiger partial charge is 0.0110 e. The monoisotopic (exact) mass is 218 g/mol. The summed E-state index contributed by atoms with van der Waals surface area (Å²) in [7, 11) is 0. The molecule has 0 spiro atoms. The second kappa shape index (κ2) is 6.52. The third-order valence-electron chi connectivity index (χ3n) is 2.46. The van der Waals surface area contributed by atoms with E-state index in [4.69, 9.17) is 0 Å². The van der Waals surface area contributed by atoms with Crippen LogP contribution in [0.3, 0.4) is 0 Å². The van der Waals surface area contributed by atoms with Crippen molar-refractivity contribution in [2.45, 2.75) is 19.8 Å². The lowest BCUT2D eigenvalue weighted by molar-refractivity contribution is 1.00. The summed E-state index contributed by atoms with van der Waals surface area (Å²) in [6, 6.07) is 10.5. The zero-order valence-electron chi connectivity index (χ0n) is 9.24. The van der Waals surface area contributed by atoms with Crippen molar-refractivity contribution >= 4 is 18.2 Å². The van der Waals surface area contributed by atoms with Crippen LogP contribution in [0.1, 0.15) is 25.3 Å². The third kappa shape index (κ3) is 3.96. The fraction of sp³-hybridized carbons (Fsp3) is 0.286. The van der Waals surface area contributed by atoms with Crippen molar-refractivity contribution in [3.05, 3.63) is 54.1 Å². The average molecular weight is 218 g/mol. The maximum Gasteiger partial charge on any atom is 0.0110 e. The molecule has 0 aliphatic carbocycles. The summed E-state index contributed by atoms with van der Waals surface area (Å²) in [5, 5.41) is 0. The zero-order chi connectivity index (χ0) is 11.1. The molecule has 0 saturated carbocycles. The molecule has 0 N–H and O–H groups in total. The predicted molar refractivity (Wildman–Crippen MR) is 72.3 cm³/mol. The van der Waals surface area contributed by atoms with Crippen LogP contribution < -0.4 is 0 Å². The summed E-state index contributed by atoms with van der Waals surface area (Å²) in [5.41, 5.74) is 3.90. The van der Waals surface area contributed by atoms with E-state index in [0.29, 0.717) is 0 Å². The van der Waals surface area contributed by atoms with E-state index in [1.165, 1.54) is 16.7 Å². The van der Waals surface area contributed by atoms with Gasteiger partial charge in [0.05, 0.1) is 0 Å². The fourth-order valence-corrected chi connectivity index (χ4v) is 1.66. The lowest BCUT2D eigenvalue weighted by Crippen LogP contribution is -1.88. The van der Waals surface area contributed by atoms with Crippen LogP contribution in [0.4, 0.5) is 0 Å². The zero-order valence-corrected chi connectivity index (χ0v) is 10.1. The Morgan fingerprint density at radius 3 is 2.47 bits per heavy atom. The first-order valence-corrected chi connectivity index (χ1v) is 5.89. The highest BCUT2D eigenvalue weighted by Gasteiger charge is 2.00. The Kier molecular flexibility index (Phi) is 5.27. The molecule has 0 unspecified atom stereocenters. The summed E-state index contributed by atoms with van der Waals surface area (Å²) in [4.78, 5) is 0. The van der Waals surface area contributed by atoms with Crippen LogP contribution in [-0.4, -0.2) is 5.75 Å². The molecule has 0 aromatic heterocycles. The molecule has 1 aromatic rings. The number of hydrogen-bond donors (Lipinski definition) is 1. The van der Waals surface area contributed by atoms with Gasteiger partial charge in [0.15, 0.2) is 0 Å². The fourth-order valence-electron chi connectivity index (χ4n) is 1.50. The number of benzene rings is 1. The van der Waals surface area contributed by atoms with Gasteiger partial charge in [-0.15, -0.1) is 0 Å². The topological polar surface area (TPSA) is 0 Å². The number of allylic oxidation sites excluding steroid dienone is 2. The molecule has 0 atom stereocenters. The average Bonchev–Trinajstić information content (AvgIpc) is 2.31. The summed E-state index contributed by atoms with van der Waals surface area (Å²) in [6.45, 7) is 6.06. The molecule has 0 saturated heterocycles. The van der Waals surface area contributed by atoms with E-state index in [0.717, 1.165) is 18.6 Å². The third-order valence-corrected chi connectivity index (χ3v) is 2.91. The van der Waals surface area contributed by atoms with E-state index < -0.39 is 0 Å². The Labute approximate surface area is 98.1 Å². The van der Waals surface area contributed by atoms with Gasteiger partial charge in [0.1, 0.15) is 0 Å². The first kappa shape index (κ1) is 12.1. The standard InChI is InChI=1S/C14H18S/c1-3-13(10-9-12(2)11-15)14-7-5-4-6-8-14/h3-8,15H,2,9-11H2,1H3. The Hall–Kier alpha value is -0.950. The first-order chi connectivity index (χ1) is 7.27. The van der Waals surface area contributed by atoms with Gasteiger partial charge >= 0.3 is 0 Å². The van der Waals surface area contributed by atoms with Gasteiger partial charge in [-0.05, 0) is 30.9 Å². The maximum absolute atomic E-state index is 4.22. The number of hydrogen-bond acceptors (Lipinski definition) is 1. The van der Waals surface area contributed by atoms with Crippen LogP contribution in [0.5, 0.6) is 0 Å². The minimum Gasteiger partial charge on any atom is -0.175 e. The minimum atomic E-state index is 0.784. The highest BCUT2D eigenvalue weighted by Crippen LogP contribution is 2.21. The summed E-state index contributed by atoms with van der Waals surface area (Å²) in [6.07, 6.45) is 4.26. The number of rotatable bonds is 5. The SMILES string of the molecule is C=C(CS)CCC(=CC)c1ccccc1. The van der Waals surface area contributed by atoms with Crippen LogP contribution >= 0.6 is 12.6 Å². The van der Waals surface area contributed by atoms with E-state index in [9.17, 15) is 0 Å². The molecule has 0 fully saturated rings. The van der Waals surface area contributed by atoms with Crippen LogP contribution in [0.15, 0.2) is 48.6 Å². The van der Waals surface area contributed by atoms with E-state index in [1.54, 1.807) is 0 Å². The summed E-state index contributed by atoms with van der Waals surface area (Å²) < 4.78 is 0. The molecule has 0 aliphatic heterocycles. The molecule has 1 rings (SSSR count). The van der Waals surface area contributed by atoms with Gasteiger partial charge in [-0.2, -0.15) is 12.6 Å². The summed E-state index contributed by atoms with van der Waals surface area (Å²) >= 11 is 4.22. The molecular formula is C14H18S. The second-order valence-electron chi connectivity index (χ2n) is 3.59. The number of thiol groups is 1. The van der Waals surface area contributed by atoms with Gasteiger partial charge in [-0.25, -0.2) is 0 Å². The lowest BCUT2D eigenvalue weighted by Gasteiger charge is -2.07. The Morgan fingerprint density at radius 1 is 1.27 bits per heavy atom. The minimum absolute atomic E-state index is 0.784. The van der Waals surface area contributed by atoms with Crippen LogP contribution in [0, 0.1) is 0 Å². The van der Waals surface area contributed by atoms with Crippen molar-refractivity contribution in [3.8, 4) is 0 Å². The van der Waals surface area contributed by atoms with Gasteiger partial charge in [-0.3, -0.25) is 0 Å². The largest absolute Gasteiger partial charge is 0.175 e. The quantitative estimate of drug-likeness (QED) is 0.551. The van der Waals surface area contributed by atoms with Crippen molar-refractivity contribution < 1.29 is 0 Å². The van der Waals surface area contributed by atoms with Gasteiger partial charge in [-0.1, -0.05) is 48.6 Å². The molecule has 1 heteroatoms. The van der Waals surface area contributed by atoms with Crippen LogP contribution in [0.2, 0.25) is 0 Å². The van der Waals surface area contributed by atoms with Crippen molar-refractivity contribution in [2.75, 3.05) is 5.75 Å². The van der Waals surface area contributed by atoms with Crippen LogP contribution in [-0.2, 0) is 0 Å². The van der Waals surface area contributed by atoms with Crippen molar-refractivity contribution in [2.24, 2.45) is 0 Å². The van der Waals surface area contributed by atoms with E-state index in [-0.39, 0.29) is 0 Å². The van der Waals surface area contributed by atoms with Gasteiger partial charge in [0.25, 0.3) is 0 Å². The molecule has 0 nitrogen and oxygen atoms in total. The molecule has 1 aromatic carbocycles. The normalized spacial score (nSPS) is 11.5. The van der Waals surface area contributed by atoms with Crippen molar-refractivity contribution in [3.63, 3.8) is 0 Å². The van der Waals surface area contributed by atoms with E-state index in [1.807, 2.05) is 6.07 Å². The van der Waals surface area contributed by atoms with E-state index >= 15 is 0 Å². The van der Waals surface area contributed by atoms with Crippen molar-refractivity contribution in [1.82, 2.24) is 0 Å². The van der Waals surface area contributed by atoms with Crippen LogP contribution in [0.25, 0.3) is 5.57 Å². The van der Waals surface area contributed by atoms with Gasteiger partial charge in [0.2, 0.25) is 0 Å². The molecule has 80 valence electrons. The first-order valence-electron chi connectivity index (χ1n) is 5.26. The highest BCUT2D eigenvalue weighted by molar-refractivity contribution is 7.80. The molecular weight excluding hydrogens is 200 g/mol. The molecule has 0 bridgehead atoms. The highest BCUT2D eigenvalue weighted by atomic mass is 32.1. The molecule has 0 amide bonds. The Balaban J connectivity index is 2.63. The van der Waals surface area contributed by atoms with Gasteiger partial charge < -0.3 is 0 Å².